The molecule has 10 nitrogen and oxygen atoms in total. The number of fused-ring (bicyclic) bond motifs is 3. The van der Waals surface area contributed by atoms with Gasteiger partial charge in [-0.1, -0.05) is 17.1 Å². The van der Waals surface area contributed by atoms with Crippen LogP contribution in [0.25, 0.3) is 5.69 Å². The number of methoxy groups -OCH3 is 1. The highest BCUT2D eigenvalue weighted by atomic mass is 16.5. The quantitative estimate of drug-likeness (QED) is 0.636. The summed E-state index contributed by atoms with van der Waals surface area (Å²) in [6, 6.07) is 6.70. The summed E-state index contributed by atoms with van der Waals surface area (Å²) in [5.41, 5.74) is 2.72. The van der Waals surface area contributed by atoms with Gasteiger partial charge in [0, 0.05) is 33.2 Å². The van der Waals surface area contributed by atoms with Crippen LogP contribution in [0.2, 0.25) is 0 Å². The number of imide groups is 1. The number of amides is 3. The number of amidine groups is 1. The number of rotatable bonds is 5. The van der Waals surface area contributed by atoms with Crippen LogP contribution < -0.4 is 9.30 Å². The molecule has 3 aliphatic heterocycles. The molecule has 2 aromatic rings. The van der Waals surface area contributed by atoms with Crippen molar-refractivity contribution in [3.05, 3.63) is 35.7 Å². The van der Waals surface area contributed by atoms with Crippen LogP contribution in [0.3, 0.4) is 0 Å². The monoisotopic (exact) mass is 453 g/mol. The molecule has 4 heterocycles. The summed E-state index contributed by atoms with van der Waals surface area (Å²) >= 11 is 0. The van der Waals surface area contributed by atoms with E-state index in [1.807, 2.05) is 47.2 Å². The Kier molecular flexibility index (Phi) is 5.41. The summed E-state index contributed by atoms with van der Waals surface area (Å²) in [4.78, 5) is 36.6. The summed E-state index contributed by atoms with van der Waals surface area (Å²) in [5.74, 6) is 1.53. The maximum Gasteiger partial charge on any atom is 0.407 e. The molecule has 174 valence electrons. The molecule has 0 bridgehead atoms. The maximum atomic E-state index is 13.6. The predicted molar refractivity (Wildman–Crippen MR) is 120 cm³/mol. The molecule has 10 heteroatoms. The number of benzene rings is 1. The first kappa shape index (κ1) is 21.6. The topological polar surface area (TPSA) is 83.5 Å². The summed E-state index contributed by atoms with van der Waals surface area (Å²) in [7, 11) is 3.32. The summed E-state index contributed by atoms with van der Waals surface area (Å²) in [6.07, 6.45) is 0. The largest absolute Gasteiger partial charge is 0.493 e. The number of hydrogen-bond donors (Lipinski definition) is 0. The third-order valence-electron chi connectivity index (χ3n) is 6.78. The highest BCUT2D eigenvalue weighted by molar-refractivity contribution is 6.19. The van der Waals surface area contributed by atoms with E-state index in [1.165, 1.54) is 9.80 Å². The lowest BCUT2D eigenvalue weighted by Crippen LogP contribution is -2.64. The second kappa shape index (κ2) is 8.27. The molecule has 0 N–H and O–H groups in total. The smallest absolute Gasteiger partial charge is 0.407 e. The van der Waals surface area contributed by atoms with Crippen molar-refractivity contribution in [2.45, 2.75) is 19.9 Å². The number of nitrogens with zero attached hydrogens (tertiary/aromatic N) is 6. The molecule has 0 spiro atoms. The van der Waals surface area contributed by atoms with E-state index in [0.717, 1.165) is 30.2 Å². The van der Waals surface area contributed by atoms with Crippen molar-refractivity contribution >= 4 is 23.7 Å². The number of imidazole rings is 1. The summed E-state index contributed by atoms with van der Waals surface area (Å²) < 4.78 is 14.9. The molecule has 2 saturated heterocycles. The van der Waals surface area contributed by atoms with E-state index in [2.05, 4.69) is 4.90 Å². The fourth-order valence-corrected chi connectivity index (χ4v) is 4.81. The van der Waals surface area contributed by atoms with Gasteiger partial charge in [0.15, 0.2) is 5.75 Å². The van der Waals surface area contributed by atoms with Crippen molar-refractivity contribution in [2.24, 2.45) is 4.99 Å². The highest BCUT2D eigenvalue weighted by Gasteiger charge is 2.54. The number of carbonyl (C=O) groups is 2. The fourth-order valence-electron chi connectivity index (χ4n) is 4.81. The molecule has 0 radical (unpaired) electrons. The molecule has 3 aliphatic rings. The van der Waals surface area contributed by atoms with Gasteiger partial charge in [0.25, 0.3) is 5.91 Å². The van der Waals surface area contributed by atoms with Crippen molar-refractivity contribution in [3.63, 3.8) is 0 Å². The first-order chi connectivity index (χ1) is 15.9. The van der Waals surface area contributed by atoms with Crippen LogP contribution in [-0.4, -0.2) is 90.6 Å². The molecule has 5 rings (SSSR count). The Morgan fingerprint density at radius 1 is 1.15 bits per heavy atom. The van der Waals surface area contributed by atoms with Crippen LogP contribution in [0.4, 0.5) is 10.7 Å². The molecule has 1 atom stereocenters. The number of hydrogen-bond acceptors (Lipinski definition) is 6. The normalized spacial score (nSPS) is 20.7. The Morgan fingerprint density at radius 3 is 2.61 bits per heavy atom. The van der Waals surface area contributed by atoms with E-state index in [1.54, 1.807) is 14.2 Å². The second-order valence-electron chi connectivity index (χ2n) is 8.51. The number of aromatic nitrogens is 2. The minimum absolute atomic E-state index is 0.242. The standard InChI is InChI=1S/C23H29N6O4/c1-15-16(2)29-19-20(24-22(29)28(15)17-7-5-6-8-18(17)32-4)25(3)23(31)27(21(19)30)10-9-26-11-13-33-14-12-26/h5-8,19H,9-14H2,1-4H3/q+1. The zero-order valence-electron chi connectivity index (χ0n) is 19.4. The van der Waals surface area contributed by atoms with Gasteiger partial charge >= 0.3 is 12.0 Å². The van der Waals surface area contributed by atoms with Crippen LogP contribution in [0, 0.1) is 13.8 Å². The zero-order chi connectivity index (χ0) is 23.3. The minimum Gasteiger partial charge on any atom is -0.493 e. The van der Waals surface area contributed by atoms with Gasteiger partial charge in [-0.05, 0) is 26.0 Å². The second-order valence-corrected chi connectivity index (χ2v) is 8.51. The van der Waals surface area contributed by atoms with Crippen molar-refractivity contribution in [2.75, 3.05) is 53.6 Å². The van der Waals surface area contributed by atoms with E-state index in [0.29, 0.717) is 43.8 Å². The Morgan fingerprint density at radius 2 is 1.88 bits per heavy atom. The van der Waals surface area contributed by atoms with Gasteiger partial charge in [-0.2, -0.15) is 4.57 Å². The molecule has 0 aliphatic carbocycles. The first-order valence-electron chi connectivity index (χ1n) is 11.2. The molecule has 1 unspecified atom stereocenters. The van der Waals surface area contributed by atoms with Crippen LogP contribution in [0.1, 0.15) is 17.4 Å². The average molecular weight is 454 g/mol. The van der Waals surface area contributed by atoms with Crippen molar-refractivity contribution < 1.29 is 23.6 Å². The number of aliphatic imine (C=N–C) groups is 1. The van der Waals surface area contributed by atoms with Crippen molar-refractivity contribution in [1.29, 1.82) is 0 Å². The van der Waals surface area contributed by atoms with Gasteiger partial charge in [0.1, 0.15) is 17.1 Å². The average Bonchev–Trinajstić information content (AvgIpc) is 3.33. The highest BCUT2D eigenvalue weighted by Crippen LogP contribution is 2.35. The van der Waals surface area contributed by atoms with Crippen LogP contribution in [0.5, 0.6) is 5.75 Å². The first-order valence-corrected chi connectivity index (χ1v) is 11.2. The number of likely N-dealkylation sites (N-methyl/N-ethyl adjacent to an activating group) is 1. The Balaban J connectivity index is 1.52. The van der Waals surface area contributed by atoms with E-state index >= 15 is 0 Å². The fraction of sp³-hybridized carbons (Fsp3) is 0.478. The van der Waals surface area contributed by atoms with Gasteiger partial charge < -0.3 is 9.47 Å². The number of para-hydroxylation sites is 2. The van der Waals surface area contributed by atoms with Gasteiger partial charge in [0.2, 0.25) is 11.9 Å². The number of ether oxygens (including phenoxy) is 2. The molecular weight excluding hydrogens is 424 g/mol. The Bertz CT molecular complexity index is 1150. The summed E-state index contributed by atoms with van der Waals surface area (Å²) in [6.45, 7) is 7.91. The van der Waals surface area contributed by atoms with Gasteiger partial charge in [-0.25, -0.2) is 9.36 Å². The lowest BCUT2D eigenvalue weighted by molar-refractivity contribution is -0.682. The van der Waals surface area contributed by atoms with Crippen LogP contribution in [-0.2, 0) is 9.53 Å². The molecule has 1 aromatic carbocycles. The van der Waals surface area contributed by atoms with E-state index in [4.69, 9.17) is 14.5 Å². The van der Waals surface area contributed by atoms with Gasteiger partial charge in [-0.15, -0.1) is 0 Å². The predicted octanol–water partition coefficient (Wildman–Crippen LogP) is 1.20. The molecular formula is C23H29N6O4+. The minimum atomic E-state index is -0.665. The maximum absolute atomic E-state index is 13.6. The zero-order valence-corrected chi connectivity index (χ0v) is 19.4. The number of morpholine rings is 1. The number of urea groups is 1. The summed E-state index contributed by atoms with van der Waals surface area (Å²) in [5, 5.41) is 0. The van der Waals surface area contributed by atoms with E-state index < -0.39 is 6.04 Å². The van der Waals surface area contributed by atoms with E-state index in [9.17, 15) is 9.59 Å². The van der Waals surface area contributed by atoms with Crippen molar-refractivity contribution in [1.82, 2.24) is 19.3 Å². The van der Waals surface area contributed by atoms with Gasteiger partial charge in [0.05, 0.1) is 20.3 Å². The van der Waals surface area contributed by atoms with Crippen LogP contribution in [0.15, 0.2) is 29.3 Å². The number of carbonyl (C=O) groups excluding carboxylic acids is 2. The Labute approximate surface area is 192 Å². The Hall–Kier alpha value is -3.24. The lowest BCUT2D eigenvalue weighted by Gasteiger charge is -2.35. The van der Waals surface area contributed by atoms with Crippen LogP contribution >= 0.6 is 0 Å². The molecule has 1 aromatic heterocycles. The lowest BCUT2D eigenvalue weighted by atomic mass is 10.1. The third-order valence-corrected chi connectivity index (χ3v) is 6.78. The third kappa shape index (κ3) is 3.32. The van der Waals surface area contributed by atoms with Crippen molar-refractivity contribution in [3.8, 4) is 11.4 Å². The van der Waals surface area contributed by atoms with E-state index in [-0.39, 0.29) is 11.9 Å². The molecule has 33 heavy (non-hydrogen) atoms. The SMILES string of the molecule is COc1ccccc1-n1c(C)c(C)[n+]2c1N=C1C2C(=O)N(CCN2CCOCC2)C(=O)N1C. The van der Waals surface area contributed by atoms with Gasteiger partial charge in [-0.3, -0.25) is 19.5 Å². The molecule has 0 saturated carbocycles. The molecule has 2 fully saturated rings. The molecule has 3 amide bonds.